The number of hydrogen-bond acceptors (Lipinski definition) is 10. The fourth-order valence-electron chi connectivity index (χ4n) is 4.36. The van der Waals surface area contributed by atoms with Crippen molar-refractivity contribution < 1.29 is 37.3 Å². The lowest BCUT2D eigenvalue weighted by Gasteiger charge is -2.25. The van der Waals surface area contributed by atoms with E-state index in [1.807, 2.05) is 58.8 Å². The molecule has 0 aliphatic rings. The van der Waals surface area contributed by atoms with Gasteiger partial charge in [0.2, 0.25) is 17.7 Å². The average Bonchev–Trinajstić information content (AvgIpc) is 2.98. The van der Waals surface area contributed by atoms with Crippen LogP contribution in [0.5, 0.6) is 5.75 Å². The average molecular weight is 670 g/mol. The number of nitrogens with one attached hydrogen (secondary N) is 2. The maximum atomic E-state index is 13.6. The van der Waals surface area contributed by atoms with Crippen LogP contribution in [0.15, 0.2) is 24.3 Å². The molecule has 46 heavy (non-hydrogen) atoms. The van der Waals surface area contributed by atoms with Gasteiger partial charge in [-0.05, 0) is 64.6 Å². The van der Waals surface area contributed by atoms with E-state index in [0.29, 0.717) is 25.9 Å². The monoisotopic (exact) mass is 669 g/mol. The van der Waals surface area contributed by atoms with E-state index in [1.54, 1.807) is 24.3 Å². The number of carbonyl (C=O) groups excluding carboxylic acids is 4. The minimum absolute atomic E-state index is 0.113. The fraction of sp³-hybridized carbons (Fsp3) is 0.688. The second-order valence-corrected chi connectivity index (χ2v) is 13.7. The van der Waals surface area contributed by atoms with E-state index in [-0.39, 0.29) is 62.4 Å². The minimum Gasteiger partial charge on any atom is -0.404 e. The first kappa shape index (κ1) is 41.2. The Morgan fingerprint density at radius 3 is 2.02 bits per heavy atom. The predicted molar refractivity (Wildman–Crippen MR) is 178 cm³/mol. The number of phosphoric acid groups is 1. The predicted octanol–water partition coefficient (Wildman–Crippen LogP) is 3.16. The first-order valence-corrected chi connectivity index (χ1v) is 17.5. The molecular formula is C32H56N5O8P. The van der Waals surface area contributed by atoms with Gasteiger partial charge in [0.1, 0.15) is 5.75 Å². The van der Waals surface area contributed by atoms with Crippen molar-refractivity contribution in [2.45, 2.75) is 71.8 Å². The summed E-state index contributed by atoms with van der Waals surface area (Å²) in [6.45, 7) is 6.84. The van der Waals surface area contributed by atoms with Crippen LogP contribution in [0.2, 0.25) is 0 Å². The third-order valence-corrected chi connectivity index (χ3v) is 8.85. The summed E-state index contributed by atoms with van der Waals surface area (Å²) in [5.74, 6) is -2.22. The summed E-state index contributed by atoms with van der Waals surface area (Å²) in [4.78, 5) is 54.3. The number of primary amides is 1. The molecule has 3 amide bonds. The minimum atomic E-state index is -3.93. The Morgan fingerprint density at radius 2 is 1.52 bits per heavy atom. The van der Waals surface area contributed by atoms with Gasteiger partial charge >= 0.3 is 7.82 Å². The van der Waals surface area contributed by atoms with Gasteiger partial charge in [0.25, 0.3) is 0 Å². The van der Waals surface area contributed by atoms with Crippen LogP contribution >= 0.6 is 7.82 Å². The zero-order valence-electron chi connectivity index (χ0n) is 28.7. The number of carbonyl (C=O) groups is 4. The van der Waals surface area contributed by atoms with Crippen molar-refractivity contribution in [3.05, 3.63) is 29.8 Å². The number of nitrogens with zero attached hydrogens (tertiary/aromatic N) is 2. The van der Waals surface area contributed by atoms with Crippen LogP contribution in [0.25, 0.3) is 0 Å². The van der Waals surface area contributed by atoms with Gasteiger partial charge in [-0.2, -0.15) is 0 Å². The van der Waals surface area contributed by atoms with E-state index >= 15 is 0 Å². The van der Waals surface area contributed by atoms with E-state index in [0.717, 1.165) is 18.4 Å². The molecule has 0 fully saturated rings. The van der Waals surface area contributed by atoms with Crippen molar-refractivity contribution in [1.82, 2.24) is 20.4 Å². The Labute approximate surface area is 274 Å². The highest BCUT2D eigenvalue weighted by molar-refractivity contribution is 7.48. The van der Waals surface area contributed by atoms with Crippen molar-refractivity contribution in [2.75, 3.05) is 61.0 Å². The molecule has 0 bridgehead atoms. The highest BCUT2D eigenvalue weighted by Gasteiger charge is 2.32. The molecule has 14 heteroatoms. The molecule has 0 saturated carbocycles. The number of ketones is 1. The Balaban J connectivity index is 3.14. The molecule has 1 aromatic carbocycles. The van der Waals surface area contributed by atoms with Gasteiger partial charge in [0, 0.05) is 31.8 Å². The number of phosphoric ester groups is 1. The van der Waals surface area contributed by atoms with Gasteiger partial charge in [-0.1, -0.05) is 52.2 Å². The van der Waals surface area contributed by atoms with Crippen LogP contribution in [-0.4, -0.2) is 100 Å². The van der Waals surface area contributed by atoms with E-state index in [9.17, 15) is 23.7 Å². The Kier molecular flexibility index (Phi) is 19.6. The number of amides is 3. The topological polar surface area (TPSA) is 170 Å². The number of likely N-dealkylation sites (N-methyl/N-ethyl adjacent to an activating group) is 2. The van der Waals surface area contributed by atoms with Crippen LogP contribution in [0.4, 0.5) is 0 Å². The third kappa shape index (κ3) is 17.2. The first-order chi connectivity index (χ1) is 21.7. The summed E-state index contributed by atoms with van der Waals surface area (Å²) >= 11 is 0. The summed E-state index contributed by atoms with van der Waals surface area (Å²) in [7, 11) is 3.56. The Morgan fingerprint density at radius 1 is 0.935 bits per heavy atom. The Hall–Kier alpha value is -2.83. The number of hydrogen-bond donors (Lipinski definition) is 3. The van der Waals surface area contributed by atoms with E-state index in [1.165, 1.54) is 0 Å². The molecular weight excluding hydrogens is 613 g/mol. The molecule has 1 rings (SSSR count). The normalized spacial score (nSPS) is 13.7. The number of Topliss-reactive ketones (excluding diaryl/α,β-unsaturated/α-hetero) is 1. The van der Waals surface area contributed by atoms with E-state index in [2.05, 4.69) is 10.6 Å². The SMILES string of the molecule is CCCCCC(=O)NC(Cc1ccc(OP(=O)(OCCN(C)C)OCCN(C)C)cc1)C(=O)CC(C(=O)NCC(N)=O)C(C)CC. The van der Waals surface area contributed by atoms with Crippen molar-refractivity contribution in [2.24, 2.45) is 17.6 Å². The first-order valence-electron chi connectivity index (χ1n) is 16.0. The second kappa shape index (κ2) is 21.9. The lowest BCUT2D eigenvalue weighted by molar-refractivity contribution is -0.133. The highest BCUT2D eigenvalue weighted by Crippen LogP contribution is 2.49. The molecule has 3 unspecified atom stereocenters. The van der Waals surface area contributed by atoms with Gasteiger partial charge in [-0.25, -0.2) is 4.57 Å². The number of benzene rings is 1. The van der Waals surface area contributed by atoms with E-state index < -0.39 is 31.6 Å². The molecule has 3 atom stereocenters. The van der Waals surface area contributed by atoms with Crippen molar-refractivity contribution in [3.8, 4) is 5.75 Å². The lowest BCUT2D eigenvalue weighted by atomic mass is 9.84. The van der Waals surface area contributed by atoms with Crippen LogP contribution in [0.3, 0.4) is 0 Å². The smallest absolute Gasteiger partial charge is 0.404 e. The lowest BCUT2D eigenvalue weighted by Crippen LogP contribution is -2.45. The molecule has 0 spiro atoms. The second-order valence-electron chi connectivity index (χ2n) is 12.1. The Bertz CT molecular complexity index is 1110. The van der Waals surface area contributed by atoms with Crippen LogP contribution in [-0.2, 0) is 39.2 Å². The molecule has 0 heterocycles. The molecule has 0 aromatic heterocycles. The van der Waals surface area contributed by atoms with Gasteiger partial charge in [-0.3, -0.25) is 28.2 Å². The molecule has 0 radical (unpaired) electrons. The molecule has 1 aromatic rings. The summed E-state index contributed by atoms with van der Waals surface area (Å²) in [6.07, 6.45) is 3.53. The number of rotatable bonds is 25. The van der Waals surface area contributed by atoms with Crippen molar-refractivity contribution in [3.63, 3.8) is 0 Å². The summed E-state index contributed by atoms with van der Waals surface area (Å²) < 4.78 is 30.2. The number of nitrogens with two attached hydrogens (primary N) is 1. The quantitative estimate of drug-likeness (QED) is 0.104. The summed E-state index contributed by atoms with van der Waals surface area (Å²) in [6, 6.07) is 5.77. The van der Waals surface area contributed by atoms with Crippen LogP contribution in [0, 0.1) is 11.8 Å². The van der Waals surface area contributed by atoms with Gasteiger partial charge in [-0.15, -0.1) is 0 Å². The summed E-state index contributed by atoms with van der Waals surface area (Å²) in [5.41, 5.74) is 5.91. The molecule has 0 aliphatic carbocycles. The standard InChI is InChI=1S/C32H56N5O8P/c1-8-10-11-12-31(40)35-28(29(38)22-27(24(3)9-2)32(41)34-23-30(33)39)21-25-13-15-26(16-14-25)45-46(42,43-19-17-36(4)5)44-20-18-37(6)7/h13-16,24,27-28H,8-12,17-23H2,1-7H3,(H2,33,39)(H,34,41)(H,35,40). The zero-order valence-corrected chi connectivity index (χ0v) is 29.6. The maximum Gasteiger partial charge on any atom is 0.530 e. The van der Waals surface area contributed by atoms with Crippen molar-refractivity contribution in [1.29, 1.82) is 0 Å². The molecule has 13 nitrogen and oxygen atoms in total. The van der Waals surface area contributed by atoms with Gasteiger partial charge < -0.3 is 30.7 Å². The molecule has 0 aliphatic heterocycles. The zero-order chi connectivity index (χ0) is 34.7. The number of unbranched alkanes of at least 4 members (excludes halogenated alkanes) is 2. The summed E-state index contributed by atoms with van der Waals surface area (Å²) in [5, 5.41) is 5.39. The molecule has 262 valence electrons. The van der Waals surface area contributed by atoms with E-state index in [4.69, 9.17) is 19.3 Å². The molecule has 4 N–H and O–H groups in total. The third-order valence-electron chi connectivity index (χ3n) is 7.41. The molecule has 0 saturated heterocycles. The van der Waals surface area contributed by atoms with Gasteiger partial charge in [0.15, 0.2) is 5.78 Å². The van der Waals surface area contributed by atoms with Crippen LogP contribution < -0.4 is 20.9 Å². The largest absolute Gasteiger partial charge is 0.530 e. The maximum absolute atomic E-state index is 13.6. The highest BCUT2D eigenvalue weighted by atomic mass is 31.2. The fourth-order valence-corrected chi connectivity index (χ4v) is 5.53. The van der Waals surface area contributed by atoms with Crippen molar-refractivity contribution >= 4 is 31.3 Å². The van der Waals surface area contributed by atoms with Gasteiger partial charge in [0.05, 0.1) is 25.8 Å². The van der Waals surface area contributed by atoms with Crippen LogP contribution in [0.1, 0.15) is 64.9 Å².